The number of nitrogens with two attached hydrogens (primary N) is 1. The standard InChI is InChI=1S/C16H23ClN2O/c1-2-11-3-5-12(6-4-11)10-19-16(20)13-7-8-15(18)14(17)9-13/h7-9,11-12H,2-6,10,18H2,1H3,(H,19,20). The molecule has 110 valence electrons. The summed E-state index contributed by atoms with van der Waals surface area (Å²) < 4.78 is 0. The molecule has 0 aliphatic heterocycles. The average Bonchev–Trinajstić information content (AvgIpc) is 2.48. The maximum Gasteiger partial charge on any atom is 0.251 e. The molecular weight excluding hydrogens is 272 g/mol. The Bertz CT molecular complexity index is 468. The van der Waals surface area contributed by atoms with Gasteiger partial charge in [-0.25, -0.2) is 0 Å². The van der Waals surface area contributed by atoms with E-state index in [9.17, 15) is 4.79 Å². The van der Waals surface area contributed by atoms with Crippen molar-refractivity contribution >= 4 is 23.2 Å². The van der Waals surface area contributed by atoms with Crippen LogP contribution in [-0.4, -0.2) is 12.5 Å². The third kappa shape index (κ3) is 3.89. The Kier molecular flexibility index (Phi) is 5.30. The van der Waals surface area contributed by atoms with E-state index in [0.29, 0.717) is 22.2 Å². The van der Waals surface area contributed by atoms with E-state index in [1.807, 2.05) is 0 Å². The number of rotatable bonds is 4. The summed E-state index contributed by atoms with van der Waals surface area (Å²) in [5.41, 5.74) is 6.72. The number of anilines is 1. The molecule has 0 unspecified atom stereocenters. The third-order valence-corrected chi connectivity index (χ3v) is 4.68. The van der Waals surface area contributed by atoms with Gasteiger partial charge in [-0.3, -0.25) is 4.79 Å². The molecule has 3 N–H and O–H groups in total. The lowest BCUT2D eigenvalue weighted by atomic mass is 9.81. The van der Waals surface area contributed by atoms with Gasteiger partial charge < -0.3 is 11.1 Å². The Labute approximate surface area is 125 Å². The van der Waals surface area contributed by atoms with Crippen LogP contribution < -0.4 is 11.1 Å². The summed E-state index contributed by atoms with van der Waals surface area (Å²) in [6.07, 6.45) is 6.32. The van der Waals surface area contributed by atoms with E-state index in [0.717, 1.165) is 12.5 Å². The van der Waals surface area contributed by atoms with Gasteiger partial charge in [0.25, 0.3) is 5.91 Å². The van der Waals surface area contributed by atoms with E-state index < -0.39 is 0 Å². The number of carbonyl (C=O) groups is 1. The zero-order valence-electron chi connectivity index (χ0n) is 12.0. The second-order valence-electron chi connectivity index (χ2n) is 5.74. The minimum Gasteiger partial charge on any atom is -0.398 e. The number of halogens is 1. The fourth-order valence-corrected chi connectivity index (χ4v) is 3.03. The van der Waals surface area contributed by atoms with Crippen LogP contribution in [0.15, 0.2) is 18.2 Å². The molecule has 20 heavy (non-hydrogen) atoms. The molecular formula is C16H23ClN2O. The van der Waals surface area contributed by atoms with Crippen molar-refractivity contribution in [2.24, 2.45) is 11.8 Å². The fraction of sp³-hybridized carbons (Fsp3) is 0.562. The summed E-state index contributed by atoms with van der Waals surface area (Å²) in [4.78, 5) is 12.1. The zero-order chi connectivity index (χ0) is 14.5. The second-order valence-corrected chi connectivity index (χ2v) is 6.15. The van der Waals surface area contributed by atoms with Gasteiger partial charge in [-0.1, -0.05) is 37.8 Å². The molecule has 2 rings (SSSR count). The smallest absolute Gasteiger partial charge is 0.251 e. The Balaban J connectivity index is 1.82. The van der Waals surface area contributed by atoms with Crippen LogP contribution in [0.3, 0.4) is 0 Å². The number of amides is 1. The van der Waals surface area contributed by atoms with E-state index in [2.05, 4.69) is 12.2 Å². The molecule has 1 amide bonds. The summed E-state index contributed by atoms with van der Waals surface area (Å²) in [6.45, 7) is 3.02. The molecule has 0 bridgehead atoms. The van der Waals surface area contributed by atoms with Crippen molar-refractivity contribution in [2.45, 2.75) is 39.0 Å². The van der Waals surface area contributed by atoms with Crippen LogP contribution in [0.4, 0.5) is 5.69 Å². The molecule has 1 saturated carbocycles. The van der Waals surface area contributed by atoms with Crippen molar-refractivity contribution in [3.8, 4) is 0 Å². The van der Waals surface area contributed by atoms with Crippen molar-refractivity contribution in [1.29, 1.82) is 0 Å². The highest BCUT2D eigenvalue weighted by molar-refractivity contribution is 6.33. The topological polar surface area (TPSA) is 55.1 Å². The summed E-state index contributed by atoms with van der Waals surface area (Å²) in [5.74, 6) is 1.44. The quantitative estimate of drug-likeness (QED) is 0.828. The molecule has 0 spiro atoms. The number of carbonyl (C=O) groups excluding carboxylic acids is 1. The molecule has 1 aliphatic rings. The molecule has 1 aromatic carbocycles. The zero-order valence-corrected chi connectivity index (χ0v) is 12.7. The van der Waals surface area contributed by atoms with Crippen LogP contribution in [0, 0.1) is 11.8 Å². The van der Waals surface area contributed by atoms with Crippen molar-refractivity contribution < 1.29 is 4.79 Å². The fourth-order valence-electron chi connectivity index (χ4n) is 2.85. The van der Waals surface area contributed by atoms with E-state index in [4.69, 9.17) is 17.3 Å². The van der Waals surface area contributed by atoms with Gasteiger partial charge in [0.15, 0.2) is 0 Å². The summed E-state index contributed by atoms with van der Waals surface area (Å²) in [6, 6.07) is 5.01. The highest BCUT2D eigenvalue weighted by atomic mass is 35.5. The highest BCUT2D eigenvalue weighted by Gasteiger charge is 2.20. The van der Waals surface area contributed by atoms with Crippen molar-refractivity contribution in [2.75, 3.05) is 12.3 Å². The maximum atomic E-state index is 12.1. The monoisotopic (exact) mass is 294 g/mol. The number of benzene rings is 1. The largest absolute Gasteiger partial charge is 0.398 e. The predicted molar refractivity (Wildman–Crippen MR) is 83.9 cm³/mol. The van der Waals surface area contributed by atoms with Crippen LogP contribution in [0.25, 0.3) is 0 Å². The number of nitrogen functional groups attached to an aromatic ring is 1. The molecule has 1 aromatic rings. The first-order valence-electron chi connectivity index (χ1n) is 7.43. The van der Waals surface area contributed by atoms with E-state index in [-0.39, 0.29) is 5.91 Å². The van der Waals surface area contributed by atoms with Crippen LogP contribution in [0.2, 0.25) is 5.02 Å². The Morgan fingerprint density at radius 1 is 1.30 bits per heavy atom. The van der Waals surface area contributed by atoms with Crippen molar-refractivity contribution in [1.82, 2.24) is 5.32 Å². The first-order chi connectivity index (χ1) is 9.60. The summed E-state index contributed by atoms with van der Waals surface area (Å²) in [7, 11) is 0. The highest BCUT2D eigenvalue weighted by Crippen LogP contribution is 2.30. The van der Waals surface area contributed by atoms with Gasteiger partial charge in [0.1, 0.15) is 0 Å². The lowest BCUT2D eigenvalue weighted by molar-refractivity contribution is 0.0941. The molecule has 0 radical (unpaired) electrons. The molecule has 0 aromatic heterocycles. The number of nitrogens with one attached hydrogen (secondary N) is 1. The minimum atomic E-state index is -0.0653. The van der Waals surface area contributed by atoms with Gasteiger partial charge in [0.05, 0.1) is 10.7 Å². The normalized spacial score (nSPS) is 22.5. The van der Waals surface area contributed by atoms with E-state index >= 15 is 0 Å². The van der Waals surface area contributed by atoms with Crippen LogP contribution in [-0.2, 0) is 0 Å². The van der Waals surface area contributed by atoms with Gasteiger partial charge in [0, 0.05) is 12.1 Å². The molecule has 4 heteroatoms. The minimum absolute atomic E-state index is 0.0653. The third-order valence-electron chi connectivity index (χ3n) is 4.36. The maximum absolute atomic E-state index is 12.1. The van der Waals surface area contributed by atoms with E-state index in [1.165, 1.54) is 32.1 Å². The lowest BCUT2D eigenvalue weighted by Crippen LogP contribution is -2.31. The SMILES string of the molecule is CCC1CCC(CNC(=O)c2ccc(N)c(Cl)c2)CC1. The van der Waals surface area contributed by atoms with Crippen LogP contribution in [0.5, 0.6) is 0 Å². The average molecular weight is 295 g/mol. The molecule has 3 nitrogen and oxygen atoms in total. The van der Waals surface area contributed by atoms with Gasteiger partial charge in [0.2, 0.25) is 0 Å². The Morgan fingerprint density at radius 2 is 1.95 bits per heavy atom. The molecule has 1 aliphatic carbocycles. The first kappa shape index (κ1) is 15.2. The Hall–Kier alpha value is -1.22. The molecule has 0 atom stereocenters. The molecule has 0 saturated heterocycles. The van der Waals surface area contributed by atoms with Crippen LogP contribution in [0.1, 0.15) is 49.4 Å². The Morgan fingerprint density at radius 3 is 2.55 bits per heavy atom. The molecule has 0 heterocycles. The lowest BCUT2D eigenvalue weighted by Gasteiger charge is -2.27. The molecule has 1 fully saturated rings. The van der Waals surface area contributed by atoms with Crippen LogP contribution >= 0.6 is 11.6 Å². The van der Waals surface area contributed by atoms with Crippen molar-refractivity contribution in [3.63, 3.8) is 0 Å². The van der Waals surface area contributed by atoms with Gasteiger partial charge in [-0.15, -0.1) is 0 Å². The predicted octanol–water partition coefficient (Wildman–Crippen LogP) is 3.87. The van der Waals surface area contributed by atoms with Gasteiger partial charge in [-0.05, 0) is 42.9 Å². The summed E-state index contributed by atoms with van der Waals surface area (Å²) >= 11 is 5.93. The first-order valence-corrected chi connectivity index (χ1v) is 7.81. The number of hydrogen-bond donors (Lipinski definition) is 2. The van der Waals surface area contributed by atoms with Gasteiger partial charge >= 0.3 is 0 Å². The second kappa shape index (κ2) is 6.98. The number of hydrogen-bond acceptors (Lipinski definition) is 2. The summed E-state index contributed by atoms with van der Waals surface area (Å²) in [5, 5.41) is 3.44. The van der Waals surface area contributed by atoms with E-state index in [1.54, 1.807) is 18.2 Å². The van der Waals surface area contributed by atoms with Crippen molar-refractivity contribution in [3.05, 3.63) is 28.8 Å². The van der Waals surface area contributed by atoms with Gasteiger partial charge in [-0.2, -0.15) is 0 Å².